The van der Waals surface area contributed by atoms with Gasteiger partial charge in [-0.1, -0.05) is 24.3 Å². The van der Waals surface area contributed by atoms with Crippen molar-refractivity contribution in [3.05, 3.63) is 95.3 Å². The van der Waals surface area contributed by atoms with E-state index in [1.807, 2.05) is 31.2 Å². The summed E-state index contributed by atoms with van der Waals surface area (Å²) in [6.45, 7) is 2.39. The van der Waals surface area contributed by atoms with Crippen LogP contribution in [0.5, 0.6) is 0 Å². The van der Waals surface area contributed by atoms with E-state index >= 15 is 0 Å². The van der Waals surface area contributed by atoms with Crippen molar-refractivity contribution in [1.82, 2.24) is 29.4 Å². The number of benzene rings is 2. The maximum atomic E-state index is 13.8. The van der Waals surface area contributed by atoms with Gasteiger partial charge in [-0.15, -0.1) is 5.10 Å². The standard InChI is InChI=1S/C24H17F4N7O/c1-14-4-2-3-5-16(14)12-34-13-29-23(33-34)31-22(36)19-11-21-30-18(15-6-8-17(25)9-7-15)10-20(24(26,27)28)35(21)32-19/h2-11,13H,12H2,1H3,(H,31,33,36). The molecule has 1 N–H and O–H groups in total. The molecule has 0 bridgehead atoms. The smallest absolute Gasteiger partial charge is 0.288 e. The van der Waals surface area contributed by atoms with Gasteiger partial charge in [-0.2, -0.15) is 18.3 Å². The van der Waals surface area contributed by atoms with E-state index in [0.29, 0.717) is 11.1 Å². The summed E-state index contributed by atoms with van der Waals surface area (Å²) in [6, 6.07) is 14.5. The van der Waals surface area contributed by atoms with Gasteiger partial charge in [-0.25, -0.2) is 23.6 Å². The Kier molecular flexibility index (Phi) is 5.71. The Morgan fingerprint density at radius 3 is 2.50 bits per heavy atom. The number of amides is 1. The molecule has 182 valence electrons. The topological polar surface area (TPSA) is 90.0 Å². The maximum Gasteiger partial charge on any atom is 0.433 e. The van der Waals surface area contributed by atoms with Gasteiger partial charge in [0, 0.05) is 11.6 Å². The van der Waals surface area contributed by atoms with Crippen LogP contribution in [-0.4, -0.2) is 35.3 Å². The first-order valence-electron chi connectivity index (χ1n) is 10.7. The number of hydrogen-bond donors (Lipinski definition) is 1. The molecule has 0 unspecified atom stereocenters. The van der Waals surface area contributed by atoms with Crippen LogP contribution in [0.1, 0.15) is 27.3 Å². The first-order valence-corrected chi connectivity index (χ1v) is 10.7. The fraction of sp³-hybridized carbons (Fsp3) is 0.125. The molecule has 0 saturated heterocycles. The largest absolute Gasteiger partial charge is 0.433 e. The number of nitrogens with one attached hydrogen (secondary N) is 1. The third kappa shape index (κ3) is 4.65. The second kappa shape index (κ2) is 8.87. The SMILES string of the molecule is Cc1ccccc1Cn1cnc(NC(=O)c2cc3nc(-c4ccc(F)cc4)cc(C(F)(F)F)n3n2)n1. The van der Waals surface area contributed by atoms with Crippen LogP contribution in [0.2, 0.25) is 0 Å². The van der Waals surface area contributed by atoms with E-state index in [0.717, 1.165) is 35.4 Å². The highest BCUT2D eigenvalue weighted by Crippen LogP contribution is 2.32. The molecule has 0 atom stereocenters. The fourth-order valence-corrected chi connectivity index (χ4v) is 3.61. The molecule has 0 fully saturated rings. The lowest BCUT2D eigenvalue weighted by Gasteiger charge is -2.11. The van der Waals surface area contributed by atoms with Crippen molar-refractivity contribution in [3.8, 4) is 11.3 Å². The molecule has 12 heteroatoms. The highest BCUT2D eigenvalue weighted by Gasteiger charge is 2.35. The van der Waals surface area contributed by atoms with Crippen LogP contribution >= 0.6 is 0 Å². The zero-order chi connectivity index (χ0) is 25.4. The van der Waals surface area contributed by atoms with E-state index in [9.17, 15) is 22.4 Å². The van der Waals surface area contributed by atoms with Crippen molar-refractivity contribution < 1.29 is 22.4 Å². The third-order valence-electron chi connectivity index (χ3n) is 5.45. The molecule has 0 aliphatic heterocycles. The summed E-state index contributed by atoms with van der Waals surface area (Å²) in [5, 5.41) is 10.4. The van der Waals surface area contributed by atoms with E-state index in [1.165, 1.54) is 23.1 Å². The average molecular weight is 495 g/mol. The van der Waals surface area contributed by atoms with E-state index in [1.54, 1.807) is 0 Å². The van der Waals surface area contributed by atoms with Gasteiger partial charge in [0.2, 0.25) is 5.95 Å². The monoisotopic (exact) mass is 495 g/mol. The predicted octanol–water partition coefficient (Wildman–Crippen LogP) is 4.75. The molecule has 3 aromatic heterocycles. The van der Waals surface area contributed by atoms with Crippen LogP contribution < -0.4 is 5.32 Å². The van der Waals surface area contributed by atoms with Crippen molar-refractivity contribution >= 4 is 17.5 Å². The summed E-state index contributed by atoms with van der Waals surface area (Å²) in [4.78, 5) is 21.0. The third-order valence-corrected chi connectivity index (χ3v) is 5.45. The molecule has 0 aliphatic carbocycles. The summed E-state index contributed by atoms with van der Waals surface area (Å²) in [6.07, 6.45) is -3.35. The Labute approximate surface area is 201 Å². The van der Waals surface area contributed by atoms with Crippen LogP contribution in [0.25, 0.3) is 16.9 Å². The summed E-state index contributed by atoms with van der Waals surface area (Å²) < 4.78 is 56.6. The number of halogens is 4. The Hall–Kier alpha value is -4.61. The molecular weight excluding hydrogens is 478 g/mol. The average Bonchev–Trinajstić information content (AvgIpc) is 3.46. The van der Waals surface area contributed by atoms with E-state index < -0.39 is 23.6 Å². The van der Waals surface area contributed by atoms with Gasteiger partial charge in [-0.3, -0.25) is 10.1 Å². The minimum absolute atomic E-state index is 0.0263. The number of aryl methyl sites for hydroxylation is 1. The maximum absolute atomic E-state index is 13.8. The normalized spacial score (nSPS) is 11.7. The van der Waals surface area contributed by atoms with Crippen LogP contribution in [0.3, 0.4) is 0 Å². The van der Waals surface area contributed by atoms with Gasteiger partial charge >= 0.3 is 6.18 Å². The minimum atomic E-state index is -4.79. The lowest BCUT2D eigenvalue weighted by Crippen LogP contribution is -2.16. The first-order chi connectivity index (χ1) is 17.2. The van der Waals surface area contributed by atoms with Crippen LogP contribution in [-0.2, 0) is 12.7 Å². The molecule has 0 saturated carbocycles. The second-order valence-corrected chi connectivity index (χ2v) is 7.98. The van der Waals surface area contributed by atoms with Gasteiger partial charge < -0.3 is 0 Å². The first kappa shape index (κ1) is 23.1. The van der Waals surface area contributed by atoms with E-state index in [4.69, 9.17) is 0 Å². The number of carbonyl (C=O) groups excluding carboxylic acids is 1. The summed E-state index contributed by atoms with van der Waals surface area (Å²) in [5.41, 5.74) is 0.677. The number of nitrogens with zero attached hydrogens (tertiary/aromatic N) is 6. The Morgan fingerprint density at radius 2 is 1.78 bits per heavy atom. The number of fused-ring (bicyclic) bond motifs is 1. The highest BCUT2D eigenvalue weighted by molar-refractivity contribution is 6.02. The Balaban J connectivity index is 1.43. The molecule has 2 aromatic carbocycles. The quantitative estimate of drug-likeness (QED) is 0.356. The van der Waals surface area contributed by atoms with Gasteiger partial charge in [-0.05, 0) is 48.4 Å². The molecule has 0 radical (unpaired) electrons. The molecule has 5 rings (SSSR count). The van der Waals surface area contributed by atoms with Crippen molar-refractivity contribution in [2.75, 3.05) is 5.32 Å². The van der Waals surface area contributed by atoms with Crippen molar-refractivity contribution in [1.29, 1.82) is 0 Å². The van der Waals surface area contributed by atoms with E-state index in [2.05, 4.69) is 25.5 Å². The molecule has 36 heavy (non-hydrogen) atoms. The zero-order valence-electron chi connectivity index (χ0n) is 18.7. The van der Waals surface area contributed by atoms with Crippen LogP contribution in [0, 0.1) is 12.7 Å². The summed E-state index contributed by atoms with van der Waals surface area (Å²) >= 11 is 0. The van der Waals surface area contributed by atoms with E-state index in [-0.39, 0.29) is 28.5 Å². The van der Waals surface area contributed by atoms with Crippen molar-refractivity contribution in [2.45, 2.75) is 19.6 Å². The number of anilines is 1. The molecule has 3 heterocycles. The number of alkyl halides is 3. The van der Waals surface area contributed by atoms with Crippen molar-refractivity contribution in [3.63, 3.8) is 0 Å². The summed E-state index contributed by atoms with van der Waals surface area (Å²) in [5.74, 6) is -1.36. The lowest BCUT2D eigenvalue weighted by molar-refractivity contribution is -0.142. The predicted molar refractivity (Wildman–Crippen MR) is 122 cm³/mol. The van der Waals surface area contributed by atoms with Crippen LogP contribution in [0.4, 0.5) is 23.5 Å². The van der Waals surface area contributed by atoms with Gasteiger partial charge in [0.05, 0.1) is 12.2 Å². The summed E-state index contributed by atoms with van der Waals surface area (Å²) in [7, 11) is 0. The number of hydrogen-bond acceptors (Lipinski definition) is 5. The second-order valence-electron chi connectivity index (χ2n) is 7.98. The Morgan fingerprint density at radius 1 is 1.03 bits per heavy atom. The van der Waals surface area contributed by atoms with Crippen LogP contribution in [0.15, 0.2) is 67.0 Å². The van der Waals surface area contributed by atoms with Gasteiger partial charge in [0.1, 0.15) is 12.1 Å². The number of aromatic nitrogens is 6. The molecule has 0 spiro atoms. The minimum Gasteiger partial charge on any atom is -0.288 e. The molecule has 8 nitrogen and oxygen atoms in total. The number of carbonyl (C=O) groups is 1. The number of rotatable bonds is 5. The fourth-order valence-electron chi connectivity index (χ4n) is 3.61. The zero-order valence-corrected chi connectivity index (χ0v) is 18.7. The molecule has 0 aliphatic rings. The molecular formula is C24H17F4N7O. The lowest BCUT2D eigenvalue weighted by atomic mass is 10.1. The Bertz CT molecular complexity index is 1570. The van der Waals surface area contributed by atoms with Gasteiger partial charge in [0.15, 0.2) is 17.0 Å². The van der Waals surface area contributed by atoms with Crippen molar-refractivity contribution in [2.24, 2.45) is 0 Å². The highest BCUT2D eigenvalue weighted by atomic mass is 19.4. The molecule has 5 aromatic rings. The van der Waals surface area contributed by atoms with Gasteiger partial charge in [0.25, 0.3) is 5.91 Å². The molecule has 1 amide bonds.